The third kappa shape index (κ3) is 4.44. The van der Waals surface area contributed by atoms with Crippen LogP contribution in [0, 0.1) is 12.7 Å². The predicted octanol–water partition coefficient (Wildman–Crippen LogP) is 3.41. The van der Waals surface area contributed by atoms with Gasteiger partial charge in [-0.1, -0.05) is 6.07 Å². The number of halogens is 1. The van der Waals surface area contributed by atoms with Crippen molar-refractivity contribution < 1.29 is 22.7 Å². The van der Waals surface area contributed by atoms with Gasteiger partial charge in [-0.3, -0.25) is 9.10 Å². The van der Waals surface area contributed by atoms with Gasteiger partial charge in [0, 0.05) is 23.0 Å². The van der Waals surface area contributed by atoms with Crippen LogP contribution in [-0.2, 0) is 16.6 Å². The standard InChI is InChI=1S/C22H23FN2O4S/c1-15-5-10-20(12-21(15)22(27)17-6-8-18(23)9-7-17)25(13-19-4-3-11-24-19)30(28,29)16(2)14-26/h3-12,16,24,26H,13-14H2,1-2H3. The van der Waals surface area contributed by atoms with Gasteiger partial charge in [0.05, 0.1) is 18.8 Å². The van der Waals surface area contributed by atoms with Crippen LogP contribution < -0.4 is 4.31 Å². The average molecular weight is 431 g/mol. The molecule has 1 atom stereocenters. The number of hydrogen-bond acceptors (Lipinski definition) is 4. The van der Waals surface area contributed by atoms with Gasteiger partial charge in [0.1, 0.15) is 11.1 Å². The summed E-state index contributed by atoms with van der Waals surface area (Å²) < 4.78 is 40.6. The summed E-state index contributed by atoms with van der Waals surface area (Å²) >= 11 is 0. The number of nitrogens with one attached hydrogen (secondary N) is 1. The maximum absolute atomic E-state index is 13.2. The smallest absolute Gasteiger partial charge is 0.240 e. The van der Waals surface area contributed by atoms with Gasteiger partial charge in [0.2, 0.25) is 10.0 Å². The third-order valence-corrected chi connectivity index (χ3v) is 7.03. The molecule has 6 nitrogen and oxygen atoms in total. The van der Waals surface area contributed by atoms with Crippen molar-refractivity contribution in [2.24, 2.45) is 0 Å². The summed E-state index contributed by atoms with van der Waals surface area (Å²) in [5, 5.41) is 8.43. The molecule has 0 aliphatic heterocycles. The predicted molar refractivity (Wildman–Crippen MR) is 113 cm³/mol. The van der Waals surface area contributed by atoms with Crippen molar-refractivity contribution in [1.29, 1.82) is 0 Å². The molecule has 0 saturated carbocycles. The number of benzene rings is 2. The van der Waals surface area contributed by atoms with Crippen molar-refractivity contribution in [3.8, 4) is 0 Å². The number of aromatic nitrogens is 1. The number of H-pyrrole nitrogens is 1. The van der Waals surface area contributed by atoms with Gasteiger partial charge < -0.3 is 10.1 Å². The fourth-order valence-corrected chi connectivity index (χ4v) is 4.38. The number of aryl methyl sites for hydroxylation is 1. The maximum atomic E-state index is 13.2. The Kier molecular flexibility index (Phi) is 6.38. The van der Waals surface area contributed by atoms with Crippen LogP contribution in [0.3, 0.4) is 0 Å². The van der Waals surface area contributed by atoms with Gasteiger partial charge in [0.15, 0.2) is 5.78 Å². The minimum absolute atomic E-state index is 0.0207. The number of nitrogens with zero attached hydrogens (tertiary/aromatic N) is 1. The molecule has 8 heteroatoms. The molecule has 1 heterocycles. The van der Waals surface area contributed by atoms with E-state index in [2.05, 4.69) is 4.98 Å². The van der Waals surface area contributed by atoms with Crippen LogP contribution in [0.1, 0.15) is 34.1 Å². The highest BCUT2D eigenvalue weighted by atomic mass is 32.2. The average Bonchev–Trinajstić information content (AvgIpc) is 3.25. The second-order valence-electron chi connectivity index (χ2n) is 7.08. The number of aromatic amines is 1. The Hall–Kier alpha value is -2.97. The second kappa shape index (κ2) is 8.81. The molecule has 2 N–H and O–H groups in total. The molecule has 2 aromatic carbocycles. The molecule has 0 fully saturated rings. The normalized spacial score (nSPS) is 12.5. The van der Waals surface area contributed by atoms with E-state index in [0.717, 1.165) is 0 Å². The molecular formula is C22H23FN2O4S. The molecule has 0 saturated heterocycles. The van der Waals surface area contributed by atoms with E-state index in [1.807, 2.05) is 0 Å². The minimum atomic E-state index is -3.90. The number of ketones is 1. The lowest BCUT2D eigenvalue weighted by atomic mass is 9.98. The largest absolute Gasteiger partial charge is 0.395 e. The van der Waals surface area contributed by atoms with Gasteiger partial charge in [-0.15, -0.1) is 0 Å². The van der Waals surface area contributed by atoms with Crippen LogP contribution in [0.5, 0.6) is 0 Å². The topological polar surface area (TPSA) is 90.5 Å². The highest BCUT2D eigenvalue weighted by Crippen LogP contribution is 2.27. The molecule has 30 heavy (non-hydrogen) atoms. The summed E-state index contributed by atoms with van der Waals surface area (Å²) in [6.45, 7) is 2.67. The van der Waals surface area contributed by atoms with Gasteiger partial charge >= 0.3 is 0 Å². The molecule has 0 aliphatic rings. The monoisotopic (exact) mass is 430 g/mol. The lowest BCUT2D eigenvalue weighted by Gasteiger charge is -2.27. The van der Waals surface area contributed by atoms with Crippen LogP contribution in [0.2, 0.25) is 0 Å². The maximum Gasteiger partial charge on any atom is 0.240 e. The number of carbonyl (C=O) groups is 1. The molecule has 158 valence electrons. The van der Waals surface area contributed by atoms with Gasteiger partial charge in [-0.05, 0) is 67.9 Å². The van der Waals surface area contributed by atoms with Crippen molar-refractivity contribution in [1.82, 2.24) is 4.98 Å². The lowest BCUT2D eigenvalue weighted by Crippen LogP contribution is -2.39. The lowest BCUT2D eigenvalue weighted by molar-refractivity contribution is 0.103. The zero-order valence-electron chi connectivity index (χ0n) is 16.7. The molecule has 0 amide bonds. The Morgan fingerprint density at radius 3 is 2.47 bits per heavy atom. The Labute approximate surface area is 175 Å². The van der Waals surface area contributed by atoms with E-state index in [0.29, 0.717) is 28.1 Å². The first-order valence-corrected chi connectivity index (χ1v) is 10.9. The summed E-state index contributed by atoms with van der Waals surface area (Å²) in [5.41, 5.74) is 2.26. The van der Waals surface area contributed by atoms with Gasteiger partial charge in [-0.25, -0.2) is 12.8 Å². The van der Waals surface area contributed by atoms with Crippen LogP contribution in [0.4, 0.5) is 10.1 Å². The first-order valence-electron chi connectivity index (χ1n) is 9.39. The number of carbonyl (C=O) groups excluding carboxylic acids is 1. The van der Waals surface area contributed by atoms with E-state index in [1.165, 1.54) is 41.6 Å². The quantitative estimate of drug-likeness (QED) is 0.536. The summed E-state index contributed by atoms with van der Waals surface area (Å²) in [5.74, 6) is -0.778. The highest BCUT2D eigenvalue weighted by Gasteiger charge is 2.30. The molecular weight excluding hydrogens is 407 g/mol. The fourth-order valence-electron chi connectivity index (χ4n) is 3.03. The zero-order valence-corrected chi connectivity index (χ0v) is 17.5. The molecule has 1 unspecified atom stereocenters. The molecule has 3 aromatic rings. The molecule has 0 aliphatic carbocycles. The van der Waals surface area contributed by atoms with Gasteiger partial charge in [-0.2, -0.15) is 0 Å². The SMILES string of the molecule is Cc1ccc(N(Cc2ccc[nH]2)S(=O)(=O)C(C)CO)cc1C(=O)c1ccc(F)cc1. The van der Waals surface area contributed by atoms with Crippen LogP contribution >= 0.6 is 0 Å². The minimum Gasteiger partial charge on any atom is -0.395 e. The van der Waals surface area contributed by atoms with Crippen LogP contribution in [0.15, 0.2) is 60.8 Å². The zero-order chi connectivity index (χ0) is 21.9. The Bertz CT molecular complexity index is 1130. The number of anilines is 1. The highest BCUT2D eigenvalue weighted by molar-refractivity contribution is 7.93. The number of aliphatic hydroxyl groups excluding tert-OH is 1. The van der Waals surface area contributed by atoms with E-state index < -0.39 is 27.7 Å². The van der Waals surface area contributed by atoms with Crippen LogP contribution in [-0.4, -0.2) is 36.1 Å². The summed E-state index contributed by atoms with van der Waals surface area (Å²) in [4.78, 5) is 15.9. The number of sulfonamides is 1. The Morgan fingerprint density at radius 1 is 1.17 bits per heavy atom. The van der Waals surface area contributed by atoms with Crippen molar-refractivity contribution in [3.63, 3.8) is 0 Å². The van der Waals surface area contributed by atoms with Crippen molar-refractivity contribution in [2.45, 2.75) is 25.6 Å². The first-order chi connectivity index (χ1) is 14.2. The number of aliphatic hydroxyl groups is 1. The molecule has 0 radical (unpaired) electrons. The van der Waals surface area contributed by atoms with Crippen molar-refractivity contribution >= 4 is 21.5 Å². The van der Waals surface area contributed by atoms with E-state index in [1.54, 1.807) is 37.4 Å². The van der Waals surface area contributed by atoms with E-state index in [-0.39, 0.29) is 12.3 Å². The van der Waals surface area contributed by atoms with E-state index in [4.69, 9.17) is 0 Å². The molecule has 0 spiro atoms. The summed E-state index contributed by atoms with van der Waals surface area (Å²) in [7, 11) is -3.90. The van der Waals surface area contributed by atoms with Crippen LogP contribution in [0.25, 0.3) is 0 Å². The third-order valence-electron chi connectivity index (χ3n) is 4.91. The van der Waals surface area contributed by atoms with Crippen molar-refractivity contribution in [2.75, 3.05) is 10.9 Å². The fraction of sp³-hybridized carbons (Fsp3) is 0.227. The van der Waals surface area contributed by atoms with E-state index in [9.17, 15) is 22.7 Å². The number of hydrogen-bond donors (Lipinski definition) is 2. The molecule has 0 bridgehead atoms. The first kappa shape index (κ1) is 21.7. The Balaban J connectivity index is 2.07. The Morgan fingerprint density at radius 2 is 1.87 bits per heavy atom. The van der Waals surface area contributed by atoms with Gasteiger partial charge in [0.25, 0.3) is 0 Å². The second-order valence-corrected chi connectivity index (χ2v) is 9.35. The summed E-state index contributed by atoms with van der Waals surface area (Å²) in [6.07, 6.45) is 1.69. The number of rotatable bonds is 8. The molecule has 3 rings (SSSR count). The van der Waals surface area contributed by atoms with E-state index >= 15 is 0 Å². The summed E-state index contributed by atoms with van der Waals surface area (Å²) in [6, 6.07) is 13.5. The van der Waals surface area contributed by atoms with Crippen molar-refractivity contribution in [3.05, 3.63) is 89.0 Å². The molecule has 1 aromatic heterocycles.